The maximum atomic E-state index is 13.6. The second-order valence-electron chi connectivity index (χ2n) is 8.50. The van der Waals surface area contributed by atoms with Crippen LogP contribution in [0.25, 0.3) is 10.9 Å². The van der Waals surface area contributed by atoms with E-state index in [1.54, 1.807) is 6.20 Å². The first kappa shape index (κ1) is 19.5. The number of carbonyl (C=O) groups excluding carboxylic acids is 2. The number of Topliss-reactive ketones (excluding diaryl/α,β-unsaturated/α-hetero) is 1. The number of nitrogens with zero attached hydrogens (tertiary/aromatic N) is 1. The van der Waals surface area contributed by atoms with E-state index in [0.29, 0.717) is 24.9 Å². The van der Waals surface area contributed by atoms with Gasteiger partial charge in [0.15, 0.2) is 12.0 Å². The van der Waals surface area contributed by atoms with Gasteiger partial charge in [-0.1, -0.05) is 19.8 Å². The zero-order valence-electron chi connectivity index (χ0n) is 16.6. The van der Waals surface area contributed by atoms with E-state index in [1.807, 2.05) is 39.0 Å². The van der Waals surface area contributed by atoms with Crippen LogP contribution in [0.5, 0.6) is 0 Å². The topological polar surface area (TPSA) is 84.1 Å². The van der Waals surface area contributed by atoms with E-state index in [1.165, 1.54) is 0 Å². The minimum absolute atomic E-state index is 0.0377. The maximum Gasteiger partial charge on any atom is 0.312 e. The largest absolute Gasteiger partial charge is 0.445 e. The molecule has 1 aliphatic rings. The number of unbranched alkanes of at least 4 members (excludes halogenated alkanes) is 1. The maximum absolute atomic E-state index is 13.6. The minimum atomic E-state index is -0.728. The summed E-state index contributed by atoms with van der Waals surface area (Å²) < 4.78 is 5.81. The van der Waals surface area contributed by atoms with Crippen molar-refractivity contribution in [3.63, 3.8) is 0 Å². The molecule has 2 N–H and O–H groups in total. The Bertz CT molecular complexity index is 837. The van der Waals surface area contributed by atoms with Crippen molar-refractivity contribution in [2.24, 2.45) is 10.8 Å². The second-order valence-corrected chi connectivity index (χ2v) is 8.50. The van der Waals surface area contributed by atoms with Crippen molar-refractivity contribution in [3.05, 3.63) is 30.0 Å². The number of ether oxygens (including phenoxy) is 1. The molecule has 3 rings (SSSR count). The van der Waals surface area contributed by atoms with Crippen LogP contribution >= 0.6 is 0 Å². The third kappa shape index (κ3) is 3.76. The Hall–Kier alpha value is -2.21. The van der Waals surface area contributed by atoms with E-state index in [4.69, 9.17) is 4.74 Å². The summed E-state index contributed by atoms with van der Waals surface area (Å²) in [4.78, 5) is 26.1. The Morgan fingerprint density at radius 3 is 2.81 bits per heavy atom. The molecule has 1 saturated heterocycles. The van der Waals surface area contributed by atoms with Gasteiger partial charge < -0.3 is 4.74 Å². The molecule has 1 aromatic carbocycles. The molecule has 2 unspecified atom stereocenters. The molecule has 0 radical (unpaired) electrons. The summed E-state index contributed by atoms with van der Waals surface area (Å²) in [5.41, 5.74) is 0.198. The summed E-state index contributed by atoms with van der Waals surface area (Å²) in [6.45, 7) is 8.24. The van der Waals surface area contributed by atoms with Crippen molar-refractivity contribution in [2.75, 3.05) is 6.54 Å². The molecular formula is C21H29N3O3. The fourth-order valence-corrected chi connectivity index (χ4v) is 3.66. The zero-order valence-corrected chi connectivity index (χ0v) is 16.6. The number of aromatic amines is 1. The molecule has 6 nitrogen and oxygen atoms in total. The van der Waals surface area contributed by atoms with Crippen molar-refractivity contribution in [3.8, 4) is 0 Å². The van der Waals surface area contributed by atoms with Gasteiger partial charge in [-0.2, -0.15) is 5.10 Å². The van der Waals surface area contributed by atoms with Gasteiger partial charge in [0.1, 0.15) is 0 Å². The summed E-state index contributed by atoms with van der Waals surface area (Å²) in [6, 6.07) is 5.58. The predicted molar refractivity (Wildman–Crippen MR) is 104 cm³/mol. The van der Waals surface area contributed by atoms with Crippen molar-refractivity contribution in [1.82, 2.24) is 15.5 Å². The molecule has 146 valence electrons. The number of carbonyl (C=O) groups is 2. The van der Waals surface area contributed by atoms with Gasteiger partial charge in [-0.3, -0.25) is 20.0 Å². The summed E-state index contributed by atoms with van der Waals surface area (Å²) in [5.74, 6) is -0.253. The third-order valence-corrected chi connectivity index (χ3v) is 5.37. The second kappa shape index (κ2) is 7.43. The Morgan fingerprint density at radius 1 is 1.33 bits per heavy atom. The van der Waals surface area contributed by atoms with Crippen LogP contribution in [0.3, 0.4) is 0 Å². The number of benzene rings is 1. The van der Waals surface area contributed by atoms with Gasteiger partial charge in [-0.25, -0.2) is 0 Å². The van der Waals surface area contributed by atoms with E-state index in [0.717, 1.165) is 23.7 Å². The van der Waals surface area contributed by atoms with E-state index in [2.05, 4.69) is 22.4 Å². The first-order valence-corrected chi connectivity index (χ1v) is 9.70. The Labute approximate surface area is 160 Å². The monoisotopic (exact) mass is 371 g/mol. The van der Waals surface area contributed by atoms with Crippen LogP contribution in [0, 0.1) is 10.8 Å². The number of H-pyrrole nitrogens is 1. The molecule has 1 aromatic heterocycles. The van der Waals surface area contributed by atoms with Crippen LogP contribution in [0.15, 0.2) is 24.4 Å². The minimum Gasteiger partial charge on any atom is -0.445 e. The van der Waals surface area contributed by atoms with Gasteiger partial charge in [-0.05, 0) is 58.4 Å². The number of nitrogens with one attached hydrogen (secondary N) is 2. The summed E-state index contributed by atoms with van der Waals surface area (Å²) in [7, 11) is 0. The lowest BCUT2D eigenvalue weighted by Crippen LogP contribution is -2.47. The molecule has 0 saturated carbocycles. The standard InChI is InChI=1S/C21H29N3O3/c1-5-6-9-21(10-11-22-18(21)27-19(26)20(2,3)4)17(25)14-7-8-16-15(12-14)13-23-24-16/h7-8,12-13,18,22H,5-6,9-11H2,1-4H3,(H,23,24). The van der Waals surface area contributed by atoms with Gasteiger partial charge >= 0.3 is 5.97 Å². The average Bonchev–Trinajstić information content (AvgIpc) is 3.25. The van der Waals surface area contributed by atoms with Crippen LogP contribution in [-0.2, 0) is 9.53 Å². The van der Waals surface area contributed by atoms with Crippen LogP contribution in [-0.4, -0.2) is 34.7 Å². The van der Waals surface area contributed by atoms with Crippen LogP contribution in [0.4, 0.5) is 0 Å². The molecule has 2 aromatic rings. The van der Waals surface area contributed by atoms with Gasteiger partial charge in [0.05, 0.1) is 22.5 Å². The van der Waals surface area contributed by atoms with E-state index in [9.17, 15) is 9.59 Å². The summed E-state index contributed by atoms with van der Waals surface area (Å²) in [5, 5.41) is 11.1. The quantitative estimate of drug-likeness (QED) is 0.595. The SMILES string of the molecule is CCCCC1(C(=O)c2ccc3[nH]ncc3c2)CCNC1OC(=O)C(C)(C)C. The predicted octanol–water partition coefficient (Wildman–Crippen LogP) is 3.83. The number of ketones is 1. The molecule has 0 spiro atoms. The highest BCUT2D eigenvalue weighted by atomic mass is 16.6. The van der Waals surface area contributed by atoms with Crippen molar-refractivity contribution in [1.29, 1.82) is 0 Å². The van der Waals surface area contributed by atoms with Gasteiger partial charge in [0.25, 0.3) is 0 Å². The normalized spacial score (nSPS) is 22.9. The van der Waals surface area contributed by atoms with E-state index in [-0.39, 0.29) is 11.8 Å². The first-order chi connectivity index (χ1) is 12.8. The first-order valence-electron chi connectivity index (χ1n) is 9.70. The Morgan fingerprint density at radius 2 is 2.11 bits per heavy atom. The van der Waals surface area contributed by atoms with E-state index < -0.39 is 17.1 Å². The lowest BCUT2D eigenvalue weighted by Gasteiger charge is -2.34. The molecule has 0 amide bonds. The highest BCUT2D eigenvalue weighted by molar-refractivity contribution is 6.03. The molecule has 0 aliphatic carbocycles. The van der Waals surface area contributed by atoms with Crippen LogP contribution in [0.2, 0.25) is 0 Å². The lowest BCUT2D eigenvalue weighted by molar-refractivity contribution is -0.164. The zero-order chi connectivity index (χ0) is 19.7. The molecule has 0 bridgehead atoms. The molecule has 1 aliphatic heterocycles. The molecule has 2 heterocycles. The molecular weight excluding hydrogens is 342 g/mol. The number of rotatable bonds is 6. The Balaban J connectivity index is 1.94. The highest BCUT2D eigenvalue weighted by Gasteiger charge is 2.51. The fourth-order valence-electron chi connectivity index (χ4n) is 3.66. The number of fused-ring (bicyclic) bond motifs is 1. The summed E-state index contributed by atoms with van der Waals surface area (Å²) >= 11 is 0. The smallest absolute Gasteiger partial charge is 0.312 e. The van der Waals surface area contributed by atoms with Crippen LogP contribution in [0.1, 0.15) is 63.7 Å². The van der Waals surface area contributed by atoms with Crippen molar-refractivity contribution in [2.45, 2.75) is 59.6 Å². The van der Waals surface area contributed by atoms with Crippen LogP contribution < -0.4 is 5.32 Å². The lowest BCUT2D eigenvalue weighted by atomic mass is 9.74. The third-order valence-electron chi connectivity index (χ3n) is 5.37. The van der Waals surface area contributed by atoms with Gasteiger partial charge in [0, 0.05) is 10.9 Å². The highest BCUT2D eigenvalue weighted by Crippen LogP contribution is 2.41. The number of hydrogen-bond acceptors (Lipinski definition) is 5. The van der Waals surface area contributed by atoms with Crippen molar-refractivity contribution < 1.29 is 14.3 Å². The summed E-state index contributed by atoms with van der Waals surface area (Å²) in [6.07, 6.45) is 4.37. The number of aromatic nitrogens is 2. The molecule has 2 atom stereocenters. The number of esters is 1. The number of hydrogen-bond donors (Lipinski definition) is 2. The van der Waals surface area contributed by atoms with Crippen molar-refractivity contribution >= 4 is 22.7 Å². The van der Waals surface area contributed by atoms with E-state index >= 15 is 0 Å². The Kier molecular flexibility index (Phi) is 5.38. The van der Waals surface area contributed by atoms with Gasteiger partial charge in [-0.15, -0.1) is 0 Å². The fraction of sp³-hybridized carbons (Fsp3) is 0.571. The van der Waals surface area contributed by atoms with Gasteiger partial charge in [0.2, 0.25) is 0 Å². The average molecular weight is 371 g/mol. The molecule has 1 fully saturated rings. The molecule has 6 heteroatoms. The molecule has 27 heavy (non-hydrogen) atoms.